The van der Waals surface area contributed by atoms with Gasteiger partial charge in [-0.2, -0.15) is 5.11 Å². The van der Waals surface area contributed by atoms with Gasteiger partial charge in [-0.3, -0.25) is 4.79 Å². The first kappa shape index (κ1) is 19.1. The van der Waals surface area contributed by atoms with Gasteiger partial charge in [-0.1, -0.05) is 105 Å². The quantitative estimate of drug-likeness (QED) is 0.531. The Kier molecular flexibility index (Phi) is 4.58. The van der Waals surface area contributed by atoms with Gasteiger partial charge in [0.2, 0.25) is 0 Å². The molecule has 4 heteroatoms. The van der Waals surface area contributed by atoms with Crippen LogP contribution in [0.25, 0.3) is 0 Å². The number of azo groups is 1. The second-order valence-electron chi connectivity index (χ2n) is 7.87. The lowest BCUT2D eigenvalue weighted by Crippen LogP contribution is -2.51. The molecular weight excluding hydrogens is 360 g/mol. The van der Waals surface area contributed by atoms with Crippen LogP contribution in [0.1, 0.15) is 37.5 Å². The van der Waals surface area contributed by atoms with Crippen LogP contribution in [0.5, 0.6) is 0 Å². The second-order valence-corrected chi connectivity index (χ2v) is 7.87. The minimum absolute atomic E-state index is 0.391. The molecule has 0 amide bonds. The van der Waals surface area contributed by atoms with Gasteiger partial charge < -0.3 is 4.74 Å². The fourth-order valence-electron chi connectivity index (χ4n) is 4.50. The molecule has 29 heavy (non-hydrogen) atoms. The first-order valence-corrected chi connectivity index (χ1v) is 9.74. The first-order valence-electron chi connectivity index (χ1n) is 9.74. The Hall–Kier alpha value is -3.27. The number of hydrogen-bond donors (Lipinski definition) is 0. The standard InChI is InChI=1S/C25H24N2O2/c1-19(28)29-25(22-17-11-6-12-18-22)23(2,3)24(26-27-25,20-13-7-4-8-14-20)21-15-9-5-10-16-21/h4-18H,1-3H3/t25-/m0/s1. The lowest BCUT2D eigenvalue weighted by molar-refractivity contribution is -0.174. The van der Waals surface area contributed by atoms with Crippen molar-refractivity contribution in [3.63, 3.8) is 0 Å². The van der Waals surface area contributed by atoms with Gasteiger partial charge in [0, 0.05) is 12.5 Å². The van der Waals surface area contributed by atoms with E-state index >= 15 is 0 Å². The summed E-state index contributed by atoms with van der Waals surface area (Å²) in [7, 11) is 0. The van der Waals surface area contributed by atoms with E-state index < -0.39 is 22.6 Å². The maximum atomic E-state index is 12.2. The van der Waals surface area contributed by atoms with Crippen molar-refractivity contribution < 1.29 is 9.53 Å². The van der Waals surface area contributed by atoms with Crippen molar-refractivity contribution in [1.82, 2.24) is 0 Å². The summed E-state index contributed by atoms with van der Waals surface area (Å²) < 4.78 is 6.00. The highest BCUT2D eigenvalue weighted by molar-refractivity contribution is 5.67. The summed E-state index contributed by atoms with van der Waals surface area (Å²) in [5.74, 6) is -0.391. The highest BCUT2D eigenvalue weighted by atomic mass is 16.6. The number of hydrogen-bond acceptors (Lipinski definition) is 4. The van der Waals surface area contributed by atoms with E-state index in [9.17, 15) is 4.79 Å². The molecule has 0 aliphatic carbocycles. The predicted molar refractivity (Wildman–Crippen MR) is 112 cm³/mol. The van der Waals surface area contributed by atoms with Gasteiger partial charge in [-0.05, 0) is 11.1 Å². The van der Waals surface area contributed by atoms with Gasteiger partial charge in [-0.15, -0.1) is 5.11 Å². The van der Waals surface area contributed by atoms with Crippen LogP contribution in [0.3, 0.4) is 0 Å². The molecule has 0 radical (unpaired) electrons. The lowest BCUT2D eigenvalue weighted by atomic mass is 9.60. The largest absolute Gasteiger partial charge is 0.430 e. The molecular formula is C25H24N2O2. The van der Waals surface area contributed by atoms with Crippen molar-refractivity contribution in [2.75, 3.05) is 0 Å². The summed E-state index contributed by atoms with van der Waals surface area (Å²) >= 11 is 0. The summed E-state index contributed by atoms with van der Waals surface area (Å²) in [5, 5.41) is 9.61. The Labute approximate surface area is 171 Å². The number of benzene rings is 3. The molecule has 3 aromatic carbocycles. The van der Waals surface area contributed by atoms with Crippen LogP contribution in [0.4, 0.5) is 0 Å². The smallest absolute Gasteiger partial charge is 0.305 e. The Bertz CT molecular complexity index is 991. The van der Waals surface area contributed by atoms with Crippen molar-refractivity contribution in [2.45, 2.75) is 32.0 Å². The normalized spacial score (nSPS) is 21.6. The molecule has 1 atom stereocenters. The summed E-state index contributed by atoms with van der Waals surface area (Å²) in [6.07, 6.45) is 0. The Morgan fingerprint density at radius 1 is 0.690 bits per heavy atom. The highest BCUT2D eigenvalue weighted by Crippen LogP contribution is 2.63. The van der Waals surface area contributed by atoms with Gasteiger partial charge in [0.25, 0.3) is 5.72 Å². The molecule has 1 aliphatic rings. The van der Waals surface area contributed by atoms with Crippen LogP contribution in [-0.4, -0.2) is 5.97 Å². The zero-order chi connectivity index (χ0) is 20.5. The molecule has 0 bridgehead atoms. The number of ether oxygens (including phenoxy) is 1. The van der Waals surface area contributed by atoms with E-state index in [0.29, 0.717) is 0 Å². The van der Waals surface area contributed by atoms with Crippen molar-refractivity contribution in [3.05, 3.63) is 108 Å². The molecule has 0 aromatic heterocycles. The third kappa shape index (κ3) is 2.70. The molecule has 3 aromatic rings. The number of rotatable bonds is 4. The zero-order valence-electron chi connectivity index (χ0n) is 16.9. The Morgan fingerprint density at radius 2 is 1.10 bits per heavy atom. The van der Waals surface area contributed by atoms with E-state index in [1.165, 1.54) is 6.92 Å². The third-order valence-corrected chi connectivity index (χ3v) is 5.93. The number of nitrogens with zero attached hydrogens (tertiary/aromatic N) is 2. The fourth-order valence-corrected chi connectivity index (χ4v) is 4.50. The topological polar surface area (TPSA) is 51.0 Å². The molecule has 1 heterocycles. The van der Waals surface area contributed by atoms with Crippen molar-refractivity contribution in [3.8, 4) is 0 Å². The molecule has 0 fully saturated rings. The molecule has 0 saturated heterocycles. The minimum atomic E-state index is -1.24. The minimum Gasteiger partial charge on any atom is -0.430 e. The van der Waals surface area contributed by atoms with Crippen LogP contribution in [-0.2, 0) is 20.8 Å². The molecule has 0 spiro atoms. The van der Waals surface area contributed by atoms with Gasteiger partial charge in [-0.25, -0.2) is 0 Å². The maximum absolute atomic E-state index is 12.2. The molecule has 146 valence electrons. The van der Waals surface area contributed by atoms with Crippen LogP contribution in [0, 0.1) is 5.41 Å². The Balaban J connectivity index is 2.03. The number of carbonyl (C=O) groups excluding carboxylic acids is 1. The molecule has 0 N–H and O–H groups in total. The third-order valence-electron chi connectivity index (χ3n) is 5.93. The Morgan fingerprint density at radius 3 is 1.52 bits per heavy atom. The molecule has 0 unspecified atom stereocenters. The van der Waals surface area contributed by atoms with Crippen LogP contribution in [0.2, 0.25) is 0 Å². The summed E-state index contributed by atoms with van der Waals surface area (Å²) in [4.78, 5) is 12.2. The van der Waals surface area contributed by atoms with Crippen molar-refractivity contribution >= 4 is 5.97 Å². The second kappa shape index (κ2) is 6.96. The van der Waals surface area contributed by atoms with E-state index in [-0.39, 0.29) is 0 Å². The monoisotopic (exact) mass is 384 g/mol. The molecule has 1 aliphatic heterocycles. The lowest BCUT2D eigenvalue weighted by Gasteiger charge is -2.46. The van der Waals surface area contributed by atoms with E-state index in [4.69, 9.17) is 15.0 Å². The summed E-state index contributed by atoms with van der Waals surface area (Å²) in [5.41, 5.74) is 0.0370. The summed E-state index contributed by atoms with van der Waals surface area (Å²) in [6, 6.07) is 29.9. The summed E-state index contributed by atoms with van der Waals surface area (Å²) in [6.45, 7) is 5.56. The average molecular weight is 384 g/mol. The van der Waals surface area contributed by atoms with Crippen LogP contribution in [0.15, 0.2) is 101 Å². The maximum Gasteiger partial charge on any atom is 0.305 e. The van der Waals surface area contributed by atoms with Crippen LogP contribution < -0.4 is 0 Å². The van der Waals surface area contributed by atoms with Gasteiger partial charge in [0.1, 0.15) is 5.54 Å². The van der Waals surface area contributed by atoms with E-state index in [2.05, 4.69) is 38.1 Å². The molecule has 0 saturated carbocycles. The van der Waals surface area contributed by atoms with Crippen LogP contribution >= 0.6 is 0 Å². The number of carbonyl (C=O) groups is 1. The molecule has 4 nitrogen and oxygen atoms in total. The van der Waals surface area contributed by atoms with E-state index in [0.717, 1.165) is 16.7 Å². The first-order chi connectivity index (χ1) is 13.9. The fraction of sp³-hybridized carbons (Fsp3) is 0.240. The van der Waals surface area contributed by atoms with Gasteiger partial charge in [0.15, 0.2) is 0 Å². The SMILES string of the molecule is CC(=O)O[C@]1(c2ccccc2)N=NC(c2ccccc2)(c2ccccc2)C1(C)C. The highest BCUT2D eigenvalue weighted by Gasteiger charge is 2.67. The van der Waals surface area contributed by atoms with Crippen molar-refractivity contribution in [1.29, 1.82) is 0 Å². The zero-order valence-corrected chi connectivity index (χ0v) is 16.9. The molecule has 4 rings (SSSR count). The van der Waals surface area contributed by atoms with Gasteiger partial charge >= 0.3 is 5.97 Å². The van der Waals surface area contributed by atoms with E-state index in [1.807, 2.05) is 66.7 Å². The van der Waals surface area contributed by atoms with E-state index in [1.54, 1.807) is 0 Å². The van der Waals surface area contributed by atoms with Crippen molar-refractivity contribution in [2.24, 2.45) is 15.6 Å². The average Bonchev–Trinajstić information content (AvgIpc) is 2.98. The number of esters is 1. The predicted octanol–water partition coefficient (Wildman–Crippen LogP) is 5.84. The van der Waals surface area contributed by atoms with Gasteiger partial charge in [0.05, 0.1) is 5.41 Å².